The molecule has 0 amide bonds. The molecule has 0 aliphatic heterocycles. The maximum atomic E-state index is 4.98. The number of fused-ring (bicyclic) bond motifs is 1. The lowest BCUT2D eigenvalue weighted by Crippen LogP contribution is -2.18. The van der Waals surface area contributed by atoms with Gasteiger partial charge in [0, 0.05) is 31.8 Å². The number of ether oxygens (including phenoxy) is 1. The third kappa shape index (κ3) is 2.78. The van der Waals surface area contributed by atoms with Crippen molar-refractivity contribution >= 4 is 10.9 Å². The molecule has 0 saturated heterocycles. The monoisotopic (exact) mass is 216 g/mol. The highest BCUT2D eigenvalue weighted by molar-refractivity contribution is 5.78. The van der Waals surface area contributed by atoms with Gasteiger partial charge in [0.05, 0.1) is 12.1 Å². The summed E-state index contributed by atoms with van der Waals surface area (Å²) in [6.45, 7) is 2.49. The highest BCUT2D eigenvalue weighted by Crippen LogP contribution is 2.12. The Labute approximate surface area is 95.5 Å². The first kappa shape index (κ1) is 11.0. The van der Waals surface area contributed by atoms with Gasteiger partial charge in [-0.05, 0) is 23.8 Å². The lowest BCUT2D eigenvalue weighted by molar-refractivity contribution is 0.199. The Morgan fingerprint density at radius 1 is 1.31 bits per heavy atom. The van der Waals surface area contributed by atoms with Gasteiger partial charge in [-0.3, -0.25) is 4.98 Å². The molecular weight excluding hydrogens is 200 g/mol. The molecule has 0 bridgehead atoms. The minimum Gasteiger partial charge on any atom is -0.383 e. The van der Waals surface area contributed by atoms with E-state index in [9.17, 15) is 0 Å². The predicted octanol–water partition coefficient (Wildman–Crippen LogP) is 1.97. The zero-order chi connectivity index (χ0) is 11.2. The van der Waals surface area contributed by atoms with E-state index in [0.717, 1.165) is 25.2 Å². The van der Waals surface area contributed by atoms with E-state index in [4.69, 9.17) is 4.74 Å². The predicted molar refractivity (Wildman–Crippen MR) is 65.3 cm³/mol. The molecule has 0 radical (unpaired) electrons. The van der Waals surface area contributed by atoms with Gasteiger partial charge >= 0.3 is 0 Å². The average molecular weight is 216 g/mol. The van der Waals surface area contributed by atoms with Gasteiger partial charge in [0.1, 0.15) is 0 Å². The molecule has 3 nitrogen and oxygen atoms in total. The van der Waals surface area contributed by atoms with Crippen LogP contribution in [0.5, 0.6) is 0 Å². The first-order valence-electron chi connectivity index (χ1n) is 5.43. The molecule has 2 aromatic rings. The van der Waals surface area contributed by atoms with E-state index >= 15 is 0 Å². The van der Waals surface area contributed by atoms with Crippen LogP contribution in [0.1, 0.15) is 5.56 Å². The Kier molecular flexibility index (Phi) is 3.86. The van der Waals surface area contributed by atoms with Crippen LogP contribution in [-0.2, 0) is 11.3 Å². The Hall–Kier alpha value is -1.45. The molecule has 0 aliphatic rings. The second kappa shape index (κ2) is 5.58. The summed E-state index contributed by atoms with van der Waals surface area (Å²) in [5.74, 6) is 0. The number of benzene rings is 1. The summed E-state index contributed by atoms with van der Waals surface area (Å²) >= 11 is 0. The largest absolute Gasteiger partial charge is 0.383 e. The van der Waals surface area contributed by atoms with Crippen LogP contribution in [0.15, 0.2) is 36.5 Å². The number of aromatic nitrogens is 1. The smallest absolute Gasteiger partial charge is 0.0702 e. The standard InChI is InChI=1S/C13H16N2O/c1-16-8-7-14-10-11-4-5-13-12(9-11)3-2-6-15-13/h2-6,9,14H,7-8,10H2,1H3. The number of rotatable bonds is 5. The molecule has 0 unspecified atom stereocenters. The number of nitrogens with zero attached hydrogens (tertiary/aromatic N) is 1. The molecule has 0 spiro atoms. The third-order valence-corrected chi connectivity index (χ3v) is 2.48. The van der Waals surface area contributed by atoms with E-state index in [0.29, 0.717) is 0 Å². The summed E-state index contributed by atoms with van der Waals surface area (Å²) in [7, 11) is 1.71. The van der Waals surface area contributed by atoms with Gasteiger partial charge in [0.15, 0.2) is 0 Å². The van der Waals surface area contributed by atoms with Crippen molar-refractivity contribution in [2.45, 2.75) is 6.54 Å². The van der Waals surface area contributed by atoms with Crippen molar-refractivity contribution in [2.24, 2.45) is 0 Å². The molecule has 1 aromatic heterocycles. The van der Waals surface area contributed by atoms with E-state index in [1.807, 2.05) is 12.3 Å². The Morgan fingerprint density at radius 2 is 2.25 bits per heavy atom. The zero-order valence-electron chi connectivity index (χ0n) is 9.44. The summed E-state index contributed by atoms with van der Waals surface area (Å²) in [4.78, 5) is 4.29. The van der Waals surface area contributed by atoms with Crippen molar-refractivity contribution in [3.63, 3.8) is 0 Å². The summed E-state index contributed by atoms with van der Waals surface area (Å²) < 4.78 is 4.98. The average Bonchev–Trinajstić information content (AvgIpc) is 2.34. The molecule has 1 heterocycles. The quantitative estimate of drug-likeness (QED) is 0.776. The summed E-state index contributed by atoms with van der Waals surface area (Å²) in [6.07, 6.45) is 1.82. The molecule has 1 aromatic carbocycles. The fourth-order valence-electron chi connectivity index (χ4n) is 1.64. The van der Waals surface area contributed by atoms with Crippen LogP contribution in [0.2, 0.25) is 0 Å². The minimum atomic E-state index is 0.745. The Morgan fingerprint density at radius 3 is 3.12 bits per heavy atom. The van der Waals surface area contributed by atoms with Crippen LogP contribution in [0.4, 0.5) is 0 Å². The van der Waals surface area contributed by atoms with Crippen LogP contribution in [0, 0.1) is 0 Å². The van der Waals surface area contributed by atoms with Gasteiger partial charge in [-0.1, -0.05) is 12.1 Å². The van der Waals surface area contributed by atoms with Crippen LogP contribution >= 0.6 is 0 Å². The van der Waals surface area contributed by atoms with Crippen LogP contribution < -0.4 is 5.32 Å². The lowest BCUT2D eigenvalue weighted by Gasteiger charge is -2.05. The van der Waals surface area contributed by atoms with Gasteiger partial charge in [0.2, 0.25) is 0 Å². The van der Waals surface area contributed by atoms with Crippen molar-refractivity contribution in [2.75, 3.05) is 20.3 Å². The number of pyridine rings is 1. The van der Waals surface area contributed by atoms with E-state index in [-0.39, 0.29) is 0 Å². The molecule has 0 fully saturated rings. The molecule has 84 valence electrons. The highest BCUT2D eigenvalue weighted by atomic mass is 16.5. The molecule has 1 N–H and O–H groups in total. The molecule has 0 aliphatic carbocycles. The van der Waals surface area contributed by atoms with Crippen LogP contribution in [-0.4, -0.2) is 25.2 Å². The SMILES string of the molecule is COCCNCc1ccc2ncccc2c1. The maximum absolute atomic E-state index is 4.98. The van der Waals surface area contributed by atoms with Crippen molar-refractivity contribution < 1.29 is 4.74 Å². The van der Waals surface area contributed by atoms with Gasteiger partial charge < -0.3 is 10.1 Å². The topological polar surface area (TPSA) is 34.1 Å². The Bertz CT molecular complexity index is 456. The maximum Gasteiger partial charge on any atom is 0.0702 e. The number of hydrogen-bond donors (Lipinski definition) is 1. The summed E-state index contributed by atoms with van der Waals surface area (Å²) in [5, 5.41) is 4.51. The number of methoxy groups -OCH3 is 1. The van der Waals surface area contributed by atoms with E-state index in [2.05, 4.69) is 34.6 Å². The fraction of sp³-hybridized carbons (Fsp3) is 0.308. The molecule has 16 heavy (non-hydrogen) atoms. The lowest BCUT2D eigenvalue weighted by atomic mass is 10.1. The molecule has 3 heteroatoms. The normalized spacial score (nSPS) is 10.8. The van der Waals surface area contributed by atoms with Crippen molar-refractivity contribution in [3.8, 4) is 0 Å². The van der Waals surface area contributed by atoms with Gasteiger partial charge in [-0.25, -0.2) is 0 Å². The van der Waals surface area contributed by atoms with Gasteiger partial charge in [0.25, 0.3) is 0 Å². The first-order chi connectivity index (χ1) is 7.90. The molecule has 0 atom stereocenters. The van der Waals surface area contributed by atoms with Gasteiger partial charge in [-0.15, -0.1) is 0 Å². The van der Waals surface area contributed by atoms with Crippen molar-refractivity contribution in [3.05, 3.63) is 42.1 Å². The Balaban J connectivity index is 2.02. The van der Waals surface area contributed by atoms with E-state index in [1.165, 1.54) is 10.9 Å². The summed E-state index contributed by atoms with van der Waals surface area (Å²) in [5.41, 5.74) is 2.32. The highest BCUT2D eigenvalue weighted by Gasteiger charge is 1.96. The molecular formula is C13H16N2O. The first-order valence-corrected chi connectivity index (χ1v) is 5.43. The second-order valence-corrected chi connectivity index (χ2v) is 3.70. The number of hydrogen-bond acceptors (Lipinski definition) is 3. The number of nitrogens with one attached hydrogen (secondary N) is 1. The van der Waals surface area contributed by atoms with E-state index in [1.54, 1.807) is 7.11 Å². The van der Waals surface area contributed by atoms with Crippen LogP contribution in [0.3, 0.4) is 0 Å². The molecule has 0 saturated carbocycles. The second-order valence-electron chi connectivity index (χ2n) is 3.70. The van der Waals surface area contributed by atoms with E-state index < -0.39 is 0 Å². The summed E-state index contributed by atoms with van der Waals surface area (Å²) in [6, 6.07) is 10.4. The minimum absolute atomic E-state index is 0.745. The van der Waals surface area contributed by atoms with Gasteiger partial charge in [-0.2, -0.15) is 0 Å². The zero-order valence-corrected chi connectivity index (χ0v) is 9.44. The van der Waals surface area contributed by atoms with Crippen LogP contribution in [0.25, 0.3) is 10.9 Å². The van der Waals surface area contributed by atoms with Crippen molar-refractivity contribution in [1.82, 2.24) is 10.3 Å². The van der Waals surface area contributed by atoms with Crippen molar-refractivity contribution in [1.29, 1.82) is 0 Å². The molecule has 2 rings (SSSR count). The fourth-order valence-corrected chi connectivity index (χ4v) is 1.64. The third-order valence-electron chi connectivity index (χ3n) is 2.48.